The Morgan fingerprint density at radius 2 is 2.08 bits per heavy atom. The van der Waals surface area contributed by atoms with Crippen molar-refractivity contribution in [1.82, 2.24) is 5.43 Å². The van der Waals surface area contributed by atoms with Gasteiger partial charge in [-0.15, -0.1) is 0 Å². The zero-order chi connectivity index (χ0) is 17.5. The molecule has 0 bridgehead atoms. The lowest BCUT2D eigenvalue weighted by molar-refractivity contribution is -0.123. The van der Waals surface area contributed by atoms with E-state index in [4.69, 9.17) is 20.8 Å². The summed E-state index contributed by atoms with van der Waals surface area (Å²) < 4.78 is 10.6. The van der Waals surface area contributed by atoms with E-state index in [1.54, 1.807) is 43.5 Å². The Morgan fingerprint density at radius 1 is 1.38 bits per heavy atom. The van der Waals surface area contributed by atoms with Crippen molar-refractivity contribution in [2.45, 2.75) is 20.8 Å². The molecule has 1 aromatic carbocycles. The van der Waals surface area contributed by atoms with Crippen LogP contribution in [0, 0.1) is 13.8 Å². The van der Waals surface area contributed by atoms with Gasteiger partial charge in [-0.3, -0.25) is 4.79 Å². The van der Waals surface area contributed by atoms with Gasteiger partial charge in [0.25, 0.3) is 5.91 Å². The number of nitrogens with one attached hydrogen (secondary N) is 1. The Kier molecular flexibility index (Phi) is 6.21. The monoisotopic (exact) mass is 346 g/mol. The Bertz CT molecular complexity index is 742. The molecule has 0 aliphatic rings. The van der Waals surface area contributed by atoms with Crippen LogP contribution in [-0.4, -0.2) is 18.2 Å². The third-order valence-corrected chi connectivity index (χ3v) is 3.77. The Morgan fingerprint density at radius 3 is 2.71 bits per heavy atom. The van der Waals surface area contributed by atoms with Crippen molar-refractivity contribution in [1.29, 1.82) is 0 Å². The van der Waals surface area contributed by atoms with Crippen LogP contribution >= 0.6 is 11.6 Å². The molecular weight excluding hydrogens is 328 g/mol. The fraction of sp³-hybridized carbons (Fsp3) is 0.222. The van der Waals surface area contributed by atoms with Crippen molar-refractivity contribution in [3.8, 4) is 5.75 Å². The zero-order valence-electron chi connectivity index (χ0n) is 13.8. The summed E-state index contributed by atoms with van der Waals surface area (Å²) in [6.07, 6.45) is 5.10. The van der Waals surface area contributed by atoms with E-state index >= 15 is 0 Å². The smallest absolute Gasteiger partial charge is 0.277 e. The number of aryl methyl sites for hydroxylation is 2. The highest BCUT2D eigenvalue weighted by molar-refractivity contribution is 6.32. The lowest BCUT2D eigenvalue weighted by atomic mass is 10.1. The summed E-state index contributed by atoms with van der Waals surface area (Å²) in [5.74, 6) is 0.974. The van der Waals surface area contributed by atoms with E-state index in [1.165, 1.54) is 0 Å². The van der Waals surface area contributed by atoms with Crippen molar-refractivity contribution in [2.75, 3.05) is 6.61 Å². The number of allylic oxidation sites excluding steroid dienone is 1. The van der Waals surface area contributed by atoms with Crippen molar-refractivity contribution >= 4 is 29.3 Å². The number of nitrogens with zero attached hydrogens (tertiary/aromatic N) is 1. The van der Waals surface area contributed by atoms with Gasteiger partial charge in [0.15, 0.2) is 6.61 Å². The Balaban J connectivity index is 1.84. The molecule has 24 heavy (non-hydrogen) atoms. The third kappa shape index (κ3) is 5.28. The number of benzene rings is 1. The van der Waals surface area contributed by atoms with Crippen LogP contribution in [0.25, 0.3) is 6.08 Å². The molecule has 0 unspecified atom stereocenters. The van der Waals surface area contributed by atoms with E-state index < -0.39 is 0 Å². The second-order valence-electron chi connectivity index (χ2n) is 5.30. The first kappa shape index (κ1) is 17.8. The van der Waals surface area contributed by atoms with Gasteiger partial charge in [0.05, 0.1) is 12.0 Å². The average Bonchev–Trinajstić information content (AvgIpc) is 3.07. The third-order valence-electron chi connectivity index (χ3n) is 3.17. The van der Waals surface area contributed by atoms with E-state index in [0.29, 0.717) is 22.2 Å². The number of ether oxygens (including phenoxy) is 1. The minimum Gasteiger partial charge on any atom is -0.484 e. The highest BCUT2D eigenvalue weighted by Gasteiger charge is 2.06. The maximum atomic E-state index is 11.8. The summed E-state index contributed by atoms with van der Waals surface area (Å²) in [7, 11) is 0. The Hall–Kier alpha value is -2.53. The first-order chi connectivity index (χ1) is 11.5. The van der Waals surface area contributed by atoms with Gasteiger partial charge in [0, 0.05) is 5.02 Å². The van der Waals surface area contributed by atoms with Crippen LogP contribution in [0.1, 0.15) is 23.8 Å². The molecule has 1 heterocycles. The van der Waals surface area contributed by atoms with Gasteiger partial charge < -0.3 is 9.15 Å². The number of carbonyl (C=O) groups is 1. The van der Waals surface area contributed by atoms with Crippen LogP contribution in [0.3, 0.4) is 0 Å². The molecule has 0 radical (unpaired) electrons. The summed E-state index contributed by atoms with van der Waals surface area (Å²) in [6.45, 7) is 5.42. The fourth-order valence-corrected chi connectivity index (χ4v) is 2.06. The lowest BCUT2D eigenvalue weighted by Crippen LogP contribution is -2.25. The van der Waals surface area contributed by atoms with Crippen LogP contribution in [0.2, 0.25) is 5.02 Å². The predicted octanol–water partition coefficient (Wildman–Crippen LogP) is 4.13. The van der Waals surface area contributed by atoms with Crippen LogP contribution in [-0.2, 0) is 4.79 Å². The van der Waals surface area contributed by atoms with Gasteiger partial charge in [-0.1, -0.05) is 11.6 Å². The standard InChI is InChI=1S/C18H19ClN2O3/c1-12-9-16(10-13(2)18(12)19)24-11-17(22)21-20-14(3)6-7-15-5-4-8-23-15/h4-10H,11H2,1-3H3,(H,21,22). The minimum atomic E-state index is -0.342. The maximum absolute atomic E-state index is 11.8. The summed E-state index contributed by atoms with van der Waals surface area (Å²) >= 11 is 6.10. The zero-order valence-corrected chi connectivity index (χ0v) is 14.6. The maximum Gasteiger partial charge on any atom is 0.277 e. The molecule has 0 aliphatic heterocycles. The first-order valence-electron chi connectivity index (χ1n) is 7.40. The quantitative estimate of drug-likeness (QED) is 0.631. The van der Waals surface area contributed by atoms with Crippen LogP contribution in [0.4, 0.5) is 0 Å². The van der Waals surface area contributed by atoms with E-state index in [1.807, 2.05) is 19.9 Å². The Labute approximate surface area is 146 Å². The number of hydrazone groups is 1. The average molecular weight is 347 g/mol. The second-order valence-corrected chi connectivity index (χ2v) is 5.67. The van der Waals surface area contributed by atoms with Gasteiger partial charge in [0.2, 0.25) is 0 Å². The molecule has 0 spiro atoms. The normalized spacial score (nSPS) is 11.8. The van der Waals surface area contributed by atoms with Crippen molar-refractivity contribution < 1.29 is 13.9 Å². The summed E-state index contributed by atoms with van der Waals surface area (Å²) in [4.78, 5) is 11.8. The summed E-state index contributed by atoms with van der Waals surface area (Å²) in [5.41, 5.74) is 4.89. The highest BCUT2D eigenvalue weighted by atomic mass is 35.5. The topological polar surface area (TPSA) is 63.8 Å². The van der Waals surface area contributed by atoms with E-state index in [-0.39, 0.29) is 12.5 Å². The van der Waals surface area contributed by atoms with Crippen LogP contribution in [0.15, 0.2) is 46.1 Å². The van der Waals surface area contributed by atoms with Crippen LogP contribution < -0.4 is 10.2 Å². The van der Waals surface area contributed by atoms with Crippen LogP contribution in [0.5, 0.6) is 5.75 Å². The van der Waals surface area contributed by atoms with Gasteiger partial charge in [-0.2, -0.15) is 5.10 Å². The largest absolute Gasteiger partial charge is 0.484 e. The number of furan rings is 1. The molecule has 2 rings (SSSR count). The minimum absolute atomic E-state index is 0.126. The molecule has 6 heteroatoms. The molecule has 0 atom stereocenters. The molecule has 1 N–H and O–H groups in total. The van der Waals surface area contributed by atoms with Crippen molar-refractivity contribution in [2.24, 2.45) is 5.10 Å². The van der Waals surface area contributed by atoms with E-state index in [9.17, 15) is 4.79 Å². The lowest BCUT2D eigenvalue weighted by Gasteiger charge is -2.09. The molecule has 0 fully saturated rings. The number of rotatable bonds is 6. The predicted molar refractivity (Wildman–Crippen MR) is 95.4 cm³/mol. The number of hydrogen-bond donors (Lipinski definition) is 1. The molecule has 2 aromatic rings. The van der Waals surface area contributed by atoms with E-state index in [0.717, 1.165) is 11.1 Å². The van der Waals surface area contributed by atoms with Gasteiger partial charge >= 0.3 is 0 Å². The van der Waals surface area contributed by atoms with Crippen molar-refractivity contribution in [3.63, 3.8) is 0 Å². The van der Waals surface area contributed by atoms with Gasteiger partial charge in [0.1, 0.15) is 11.5 Å². The first-order valence-corrected chi connectivity index (χ1v) is 7.78. The molecule has 1 aromatic heterocycles. The molecule has 1 amide bonds. The fourth-order valence-electron chi connectivity index (χ4n) is 1.95. The highest BCUT2D eigenvalue weighted by Crippen LogP contribution is 2.25. The number of carbonyl (C=O) groups excluding carboxylic acids is 1. The molecule has 0 saturated carbocycles. The number of halogens is 1. The number of hydrogen-bond acceptors (Lipinski definition) is 4. The molecule has 0 aliphatic carbocycles. The van der Waals surface area contributed by atoms with Crippen molar-refractivity contribution in [3.05, 3.63) is 58.5 Å². The molecule has 126 valence electrons. The van der Waals surface area contributed by atoms with Gasteiger partial charge in [-0.25, -0.2) is 5.43 Å². The summed E-state index contributed by atoms with van der Waals surface area (Å²) in [6, 6.07) is 7.21. The molecule has 5 nitrogen and oxygen atoms in total. The summed E-state index contributed by atoms with van der Waals surface area (Å²) in [5, 5.41) is 4.68. The second kappa shape index (κ2) is 8.36. The van der Waals surface area contributed by atoms with E-state index in [2.05, 4.69) is 10.5 Å². The van der Waals surface area contributed by atoms with Gasteiger partial charge in [-0.05, 0) is 68.3 Å². The molecule has 0 saturated heterocycles. The molecular formula is C18H19ClN2O3. The SMILES string of the molecule is CC(C=Cc1ccco1)=NNC(=O)COc1cc(C)c(Cl)c(C)c1. The number of amides is 1.